The van der Waals surface area contributed by atoms with E-state index >= 15 is 0 Å². The van der Waals surface area contributed by atoms with E-state index in [2.05, 4.69) is 20.0 Å². The highest BCUT2D eigenvalue weighted by Gasteiger charge is 2.09. The van der Waals surface area contributed by atoms with E-state index in [1.54, 1.807) is 13.1 Å². The lowest BCUT2D eigenvalue weighted by Gasteiger charge is -1.97. The molecule has 0 bridgehead atoms. The van der Waals surface area contributed by atoms with E-state index in [-0.39, 0.29) is 0 Å². The van der Waals surface area contributed by atoms with Gasteiger partial charge in [0.2, 0.25) is 0 Å². The second-order valence-electron chi connectivity index (χ2n) is 2.77. The molecular formula is C8H8N4O2. The molecule has 0 amide bonds. The third-order valence-corrected chi connectivity index (χ3v) is 1.86. The van der Waals surface area contributed by atoms with Gasteiger partial charge in [0.1, 0.15) is 5.52 Å². The normalized spacial score (nSPS) is 10.4. The Morgan fingerprint density at radius 2 is 2.36 bits per heavy atom. The molecule has 2 rings (SSSR count). The molecule has 2 aromatic rings. The molecule has 0 saturated heterocycles. The topological polar surface area (TPSA) is 69.9 Å². The van der Waals surface area contributed by atoms with Gasteiger partial charge in [-0.15, -0.1) is 5.10 Å². The molecule has 72 valence electrons. The first kappa shape index (κ1) is 8.61. The molecule has 0 radical (unpaired) electrons. The summed E-state index contributed by atoms with van der Waals surface area (Å²) in [7, 11) is 3.06. The molecular weight excluding hydrogens is 184 g/mol. The molecule has 0 aliphatic heterocycles. The smallest absolute Gasteiger partial charge is 0.339 e. The van der Waals surface area contributed by atoms with Gasteiger partial charge in [0.25, 0.3) is 0 Å². The Morgan fingerprint density at radius 1 is 1.57 bits per heavy atom. The van der Waals surface area contributed by atoms with Crippen molar-refractivity contribution in [1.82, 2.24) is 20.0 Å². The van der Waals surface area contributed by atoms with E-state index in [1.807, 2.05) is 0 Å². The van der Waals surface area contributed by atoms with Crippen molar-refractivity contribution in [2.24, 2.45) is 7.05 Å². The molecule has 0 aromatic carbocycles. The molecule has 0 unspecified atom stereocenters. The standard InChI is InChI=1S/C8H8N4O2/c1-12-7-6(10-11-12)3-5(4-9-7)8(13)14-2/h3-4H,1-2H3. The van der Waals surface area contributed by atoms with Gasteiger partial charge in [0, 0.05) is 13.2 Å². The Balaban J connectivity index is 2.57. The fourth-order valence-electron chi connectivity index (χ4n) is 1.16. The lowest BCUT2D eigenvalue weighted by Crippen LogP contribution is -2.02. The number of methoxy groups -OCH3 is 1. The molecule has 0 aliphatic rings. The van der Waals surface area contributed by atoms with Crippen molar-refractivity contribution >= 4 is 17.1 Å². The SMILES string of the molecule is COC(=O)c1cnc2c(c1)nnn2C. The minimum atomic E-state index is -0.426. The van der Waals surface area contributed by atoms with Gasteiger partial charge in [0.05, 0.1) is 12.7 Å². The molecule has 2 heterocycles. The highest BCUT2D eigenvalue weighted by Crippen LogP contribution is 2.09. The summed E-state index contributed by atoms with van der Waals surface area (Å²) in [4.78, 5) is 15.2. The number of rotatable bonds is 1. The largest absolute Gasteiger partial charge is 0.465 e. The zero-order valence-electron chi connectivity index (χ0n) is 7.76. The Morgan fingerprint density at radius 3 is 3.07 bits per heavy atom. The van der Waals surface area contributed by atoms with E-state index < -0.39 is 5.97 Å². The quantitative estimate of drug-likeness (QED) is 0.601. The second-order valence-corrected chi connectivity index (χ2v) is 2.77. The van der Waals surface area contributed by atoms with E-state index in [1.165, 1.54) is 18.0 Å². The van der Waals surface area contributed by atoms with E-state index in [0.717, 1.165) is 0 Å². The van der Waals surface area contributed by atoms with Crippen LogP contribution in [0.2, 0.25) is 0 Å². The van der Waals surface area contributed by atoms with Crippen LogP contribution in [0, 0.1) is 0 Å². The zero-order chi connectivity index (χ0) is 10.1. The van der Waals surface area contributed by atoms with Crippen molar-refractivity contribution in [3.8, 4) is 0 Å². The van der Waals surface area contributed by atoms with Crippen LogP contribution in [-0.4, -0.2) is 33.1 Å². The highest BCUT2D eigenvalue weighted by atomic mass is 16.5. The number of carbonyl (C=O) groups excluding carboxylic acids is 1. The number of hydrogen-bond acceptors (Lipinski definition) is 5. The lowest BCUT2D eigenvalue weighted by molar-refractivity contribution is 0.0600. The highest BCUT2D eigenvalue weighted by molar-refractivity contribution is 5.91. The summed E-state index contributed by atoms with van der Waals surface area (Å²) in [6.45, 7) is 0. The van der Waals surface area contributed by atoms with Crippen molar-refractivity contribution in [1.29, 1.82) is 0 Å². The Bertz CT molecular complexity index is 491. The van der Waals surface area contributed by atoms with Gasteiger partial charge >= 0.3 is 5.97 Å². The van der Waals surface area contributed by atoms with Gasteiger partial charge in [-0.05, 0) is 6.07 Å². The first-order valence-corrected chi connectivity index (χ1v) is 3.96. The predicted molar refractivity (Wildman–Crippen MR) is 47.6 cm³/mol. The van der Waals surface area contributed by atoms with Crippen LogP contribution in [0.15, 0.2) is 12.3 Å². The van der Waals surface area contributed by atoms with E-state index in [0.29, 0.717) is 16.7 Å². The van der Waals surface area contributed by atoms with Crippen molar-refractivity contribution in [3.05, 3.63) is 17.8 Å². The maximum atomic E-state index is 11.1. The molecule has 0 saturated carbocycles. The number of esters is 1. The van der Waals surface area contributed by atoms with Gasteiger partial charge in [-0.3, -0.25) is 0 Å². The number of hydrogen-bond donors (Lipinski definition) is 0. The van der Waals surface area contributed by atoms with Crippen LogP contribution in [0.3, 0.4) is 0 Å². The molecule has 0 atom stereocenters. The molecule has 6 heteroatoms. The van der Waals surface area contributed by atoms with Crippen LogP contribution in [0.25, 0.3) is 11.2 Å². The molecule has 6 nitrogen and oxygen atoms in total. The third-order valence-electron chi connectivity index (χ3n) is 1.86. The molecule has 0 fully saturated rings. The molecule has 0 spiro atoms. The van der Waals surface area contributed by atoms with Gasteiger partial charge in [-0.2, -0.15) is 0 Å². The number of ether oxygens (including phenoxy) is 1. The Kier molecular flexibility index (Phi) is 1.88. The minimum Gasteiger partial charge on any atom is -0.465 e. The third kappa shape index (κ3) is 1.20. The number of fused-ring (bicyclic) bond motifs is 1. The average Bonchev–Trinajstić information content (AvgIpc) is 2.59. The van der Waals surface area contributed by atoms with E-state index in [9.17, 15) is 4.79 Å². The lowest BCUT2D eigenvalue weighted by atomic mass is 10.3. The molecule has 0 aliphatic carbocycles. The second kappa shape index (κ2) is 3.06. The number of aryl methyl sites for hydroxylation is 1. The fourth-order valence-corrected chi connectivity index (χ4v) is 1.16. The summed E-state index contributed by atoms with van der Waals surface area (Å²) in [5.41, 5.74) is 1.59. The molecule has 2 aromatic heterocycles. The number of pyridine rings is 1. The van der Waals surface area contributed by atoms with Crippen LogP contribution in [0.1, 0.15) is 10.4 Å². The van der Waals surface area contributed by atoms with Crippen molar-refractivity contribution in [2.45, 2.75) is 0 Å². The maximum absolute atomic E-state index is 11.1. The molecule has 0 N–H and O–H groups in total. The number of aromatic nitrogens is 4. The number of nitrogens with zero attached hydrogens (tertiary/aromatic N) is 4. The number of carbonyl (C=O) groups is 1. The minimum absolute atomic E-state index is 0.375. The maximum Gasteiger partial charge on any atom is 0.339 e. The van der Waals surface area contributed by atoms with Gasteiger partial charge in [0.15, 0.2) is 5.65 Å². The van der Waals surface area contributed by atoms with Crippen LogP contribution < -0.4 is 0 Å². The van der Waals surface area contributed by atoms with E-state index in [4.69, 9.17) is 0 Å². The van der Waals surface area contributed by atoms with Gasteiger partial charge in [-0.1, -0.05) is 5.21 Å². The van der Waals surface area contributed by atoms with Gasteiger partial charge in [-0.25, -0.2) is 14.5 Å². The summed E-state index contributed by atoms with van der Waals surface area (Å²) in [6, 6.07) is 1.60. The average molecular weight is 192 g/mol. The summed E-state index contributed by atoms with van der Waals surface area (Å²) < 4.78 is 6.10. The Labute approximate surface area is 79.5 Å². The van der Waals surface area contributed by atoms with Gasteiger partial charge < -0.3 is 4.74 Å². The first-order chi connectivity index (χ1) is 6.72. The van der Waals surface area contributed by atoms with Crippen molar-refractivity contribution in [3.63, 3.8) is 0 Å². The molecule has 14 heavy (non-hydrogen) atoms. The summed E-state index contributed by atoms with van der Waals surface area (Å²) >= 11 is 0. The van der Waals surface area contributed by atoms with Crippen molar-refractivity contribution in [2.75, 3.05) is 7.11 Å². The first-order valence-electron chi connectivity index (χ1n) is 3.96. The summed E-state index contributed by atoms with van der Waals surface area (Å²) in [6.07, 6.45) is 1.44. The summed E-state index contributed by atoms with van der Waals surface area (Å²) in [5, 5.41) is 7.61. The van der Waals surface area contributed by atoms with Crippen LogP contribution >= 0.6 is 0 Å². The van der Waals surface area contributed by atoms with Crippen LogP contribution in [0.5, 0.6) is 0 Å². The summed E-state index contributed by atoms with van der Waals surface area (Å²) in [5.74, 6) is -0.426. The van der Waals surface area contributed by atoms with Crippen LogP contribution in [-0.2, 0) is 11.8 Å². The Hall–Kier alpha value is -1.98. The van der Waals surface area contributed by atoms with Crippen molar-refractivity contribution < 1.29 is 9.53 Å². The zero-order valence-corrected chi connectivity index (χ0v) is 7.76. The van der Waals surface area contributed by atoms with Crippen LogP contribution in [0.4, 0.5) is 0 Å². The predicted octanol–water partition coefficient (Wildman–Crippen LogP) is 0.150. The fraction of sp³-hybridized carbons (Fsp3) is 0.250. The monoisotopic (exact) mass is 192 g/mol.